The maximum absolute atomic E-state index is 12.0. The highest BCUT2D eigenvalue weighted by Crippen LogP contribution is 2.28. The summed E-state index contributed by atoms with van der Waals surface area (Å²) >= 11 is 3.20. The van der Waals surface area contributed by atoms with Gasteiger partial charge >= 0.3 is 11.9 Å². The molecule has 0 fully saturated rings. The van der Waals surface area contributed by atoms with Crippen LogP contribution in [-0.2, 0) is 19.1 Å². The van der Waals surface area contributed by atoms with Gasteiger partial charge in [-0.2, -0.15) is 0 Å². The minimum atomic E-state index is -1.45. The van der Waals surface area contributed by atoms with Gasteiger partial charge < -0.3 is 9.47 Å². The van der Waals surface area contributed by atoms with Crippen molar-refractivity contribution in [2.24, 2.45) is 0 Å². The van der Waals surface area contributed by atoms with E-state index in [2.05, 4.69) is 34.7 Å². The van der Waals surface area contributed by atoms with Crippen molar-refractivity contribution in [3.8, 4) is 11.8 Å². The van der Waals surface area contributed by atoms with Crippen molar-refractivity contribution < 1.29 is 19.1 Å². The molecule has 0 N–H and O–H groups in total. The molecule has 0 aliphatic carbocycles. The summed E-state index contributed by atoms with van der Waals surface area (Å²) in [6, 6.07) is 0. The van der Waals surface area contributed by atoms with Crippen molar-refractivity contribution in [1.29, 1.82) is 0 Å². The number of unbranched alkanes of at least 4 members (excludes halogenated alkanes) is 3. The highest BCUT2D eigenvalue weighted by molar-refractivity contribution is 9.10. The second-order valence-electron chi connectivity index (χ2n) is 4.55. The van der Waals surface area contributed by atoms with Crippen LogP contribution in [0.4, 0.5) is 0 Å². The molecule has 0 bridgehead atoms. The first kappa shape index (κ1) is 20.0. The van der Waals surface area contributed by atoms with E-state index in [0.29, 0.717) is 6.42 Å². The van der Waals surface area contributed by atoms with Crippen LogP contribution >= 0.6 is 15.9 Å². The minimum absolute atomic E-state index is 0.217. The van der Waals surface area contributed by atoms with Crippen LogP contribution in [0.15, 0.2) is 0 Å². The molecule has 0 saturated carbocycles. The van der Waals surface area contributed by atoms with E-state index >= 15 is 0 Å². The summed E-state index contributed by atoms with van der Waals surface area (Å²) in [5, 5.41) is 0. The van der Waals surface area contributed by atoms with Gasteiger partial charge in [-0.15, -0.1) is 11.8 Å². The first-order valence-electron chi connectivity index (χ1n) is 7.51. The van der Waals surface area contributed by atoms with Gasteiger partial charge in [-0.25, -0.2) is 9.59 Å². The van der Waals surface area contributed by atoms with Gasteiger partial charge in [-0.05, 0) is 26.7 Å². The topological polar surface area (TPSA) is 52.6 Å². The second kappa shape index (κ2) is 11.6. The van der Waals surface area contributed by atoms with Crippen LogP contribution in [0.5, 0.6) is 0 Å². The predicted octanol–water partition coefficient (Wildman–Crippen LogP) is 3.61. The Bertz CT molecular complexity index is 363. The molecule has 0 saturated heterocycles. The van der Waals surface area contributed by atoms with E-state index in [-0.39, 0.29) is 19.6 Å². The highest BCUT2D eigenvalue weighted by Gasteiger charge is 2.46. The smallest absolute Gasteiger partial charge is 0.334 e. The maximum Gasteiger partial charge on any atom is 0.334 e. The molecule has 0 rings (SSSR count). The normalized spacial score (nSPS) is 10.5. The average molecular weight is 361 g/mol. The van der Waals surface area contributed by atoms with Crippen molar-refractivity contribution in [1.82, 2.24) is 0 Å². The van der Waals surface area contributed by atoms with E-state index < -0.39 is 16.3 Å². The molecule has 0 aromatic heterocycles. The molecule has 0 atom stereocenters. The lowest BCUT2D eigenvalue weighted by molar-refractivity contribution is -0.158. The van der Waals surface area contributed by atoms with E-state index in [4.69, 9.17) is 9.47 Å². The lowest BCUT2D eigenvalue weighted by Crippen LogP contribution is -2.43. The highest BCUT2D eigenvalue weighted by atomic mass is 79.9. The van der Waals surface area contributed by atoms with Crippen LogP contribution in [0, 0.1) is 11.8 Å². The number of carbonyl (C=O) groups is 2. The van der Waals surface area contributed by atoms with E-state index in [1.54, 1.807) is 13.8 Å². The number of esters is 2. The number of carbonyl (C=O) groups excluding carboxylic acids is 2. The molecule has 0 heterocycles. The van der Waals surface area contributed by atoms with Gasteiger partial charge in [0.05, 0.1) is 13.2 Å². The number of ether oxygens (including phenoxy) is 2. The van der Waals surface area contributed by atoms with Gasteiger partial charge in [-0.1, -0.05) is 35.7 Å². The number of halogens is 1. The zero-order valence-corrected chi connectivity index (χ0v) is 14.8. The van der Waals surface area contributed by atoms with Crippen LogP contribution in [0.2, 0.25) is 0 Å². The fourth-order valence-electron chi connectivity index (χ4n) is 1.65. The molecular weight excluding hydrogens is 336 g/mol. The maximum atomic E-state index is 12.0. The fourth-order valence-corrected chi connectivity index (χ4v) is 2.08. The fraction of sp³-hybridized carbons (Fsp3) is 0.750. The monoisotopic (exact) mass is 360 g/mol. The Morgan fingerprint density at radius 1 is 0.952 bits per heavy atom. The first-order chi connectivity index (χ1) is 10.0. The van der Waals surface area contributed by atoms with Crippen LogP contribution in [0.1, 0.15) is 59.3 Å². The molecule has 0 aliphatic rings. The zero-order chi connectivity index (χ0) is 16.1. The average Bonchev–Trinajstić information content (AvgIpc) is 2.46. The summed E-state index contributed by atoms with van der Waals surface area (Å²) < 4.78 is 8.45. The summed E-state index contributed by atoms with van der Waals surface area (Å²) in [6.45, 7) is 5.97. The largest absolute Gasteiger partial charge is 0.465 e. The molecule has 21 heavy (non-hydrogen) atoms. The molecule has 0 unspecified atom stereocenters. The molecule has 5 heteroatoms. The number of hydrogen-bond acceptors (Lipinski definition) is 4. The van der Waals surface area contributed by atoms with Gasteiger partial charge in [-0.3, -0.25) is 0 Å². The van der Waals surface area contributed by atoms with Gasteiger partial charge in [0.25, 0.3) is 0 Å². The summed E-state index contributed by atoms with van der Waals surface area (Å²) in [7, 11) is 0. The molecule has 0 aliphatic heterocycles. The van der Waals surface area contributed by atoms with Crippen molar-refractivity contribution in [3.05, 3.63) is 0 Å². The molecule has 0 spiro atoms. The second-order valence-corrected chi connectivity index (χ2v) is 5.91. The van der Waals surface area contributed by atoms with E-state index in [0.717, 1.165) is 19.3 Å². The SMILES string of the molecule is CCCCCC#CCCC(Br)(C(=O)OCC)C(=O)OCC. The molecule has 0 aromatic rings. The van der Waals surface area contributed by atoms with Gasteiger partial charge in [0, 0.05) is 12.8 Å². The van der Waals surface area contributed by atoms with Gasteiger partial charge in [0.1, 0.15) is 0 Å². The third-order valence-corrected chi connectivity index (χ3v) is 3.87. The number of alkyl halides is 1. The predicted molar refractivity (Wildman–Crippen MR) is 86.1 cm³/mol. The van der Waals surface area contributed by atoms with Gasteiger partial charge in [0.2, 0.25) is 4.32 Å². The minimum Gasteiger partial charge on any atom is -0.465 e. The third-order valence-electron chi connectivity index (χ3n) is 2.82. The third kappa shape index (κ3) is 7.52. The van der Waals surface area contributed by atoms with E-state index in [9.17, 15) is 9.59 Å². The molecule has 0 amide bonds. The summed E-state index contributed by atoms with van der Waals surface area (Å²) in [6.07, 6.45) is 4.95. The molecule has 0 aromatic carbocycles. The van der Waals surface area contributed by atoms with Crippen molar-refractivity contribution >= 4 is 27.9 Å². The Morgan fingerprint density at radius 3 is 1.95 bits per heavy atom. The zero-order valence-electron chi connectivity index (χ0n) is 13.2. The summed E-state index contributed by atoms with van der Waals surface area (Å²) in [4.78, 5) is 23.9. The summed E-state index contributed by atoms with van der Waals surface area (Å²) in [5.41, 5.74) is 0. The van der Waals surface area contributed by atoms with Gasteiger partial charge in [0.15, 0.2) is 0 Å². The van der Waals surface area contributed by atoms with Crippen LogP contribution in [0.25, 0.3) is 0 Å². The molecular formula is C16H25BrO4. The van der Waals surface area contributed by atoms with Crippen LogP contribution in [0.3, 0.4) is 0 Å². The molecule has 120 valence electrons. The van der Waals surface area contributed by atoms with Crippen LogP contribution < -0.4 is 0 Å². The Hall–Kier alpha value is -1.02. The molecule has 0 radical (unpaired) electrons. The summed E-state index contributed by atoms with van der Waals surface area (Å²) in [5.74, 6) is 4.83. The van der Waals surface area contributed by atoms with E-state index in [1.165, 1.54) is 6.42 Å². The van der Waals surface area contributed by atoms with E-state index in [1.807, 2.05) is 0 Å². The van der Waals surface area contributed by atoms with Crippen molar-refractivity contribution in [3.63, 3.8) is 0 Å². The number of hydrogen-bond donors (Lipinski definition) is 0. The quantitative estimate of drug-likeness (QED) is 0.207. The molecule has 4 nitrogen and oxygen atoms in total. The Morgan fingerprint density at radius 2 is 1.48 bits per heavy atom. The van der Waals surface area contributed by atoms with Crippen LogP contribution in [-0.4, -0.2) is 29.5 Å². The van der Waals surface area contributed by atoms with Crippen molar-refractivity contribution in [2.75, 3.05) is 13.2 Å². The Balaban J connectivity index is 4.54. The lowest BCUT2D eigenvalue weighted by atomic mass is 10.0. The Kier molecular flexibility index (Phi) is 11.1. The standard InChI is InChI=1S/C16H25BrO4/c1-4-7-8-9-10-11-12-13-16(17,14(18)20-5-2)15(19)21-6-3/h4-9,12-13H2,1-3H3. The number of rotatable bonds is 9. The first-order valence-corrected chi connectivity index (χ1v) is 8.31. The van der Waals surface area contributed by atoms with Crippen molar-refractivity contribution in [2.45, 2.75) is 63.6 Å². The lowest BCUT2D eigenvalue weighted by Gasteiger charge is -2.22. The Labute approximate surface area is 136 Å².